The molecule has 29 heavy (non-hydrogen) atoms. The van der Waals surface area contributed by atoms with Gasteiger partial charge in [-0.05, 0) is 44.9 Å². The average molecular weight is 421 g/mol. The van der Waals surface area contributed by atoms with E-state index in [2.05, 4.69) is 10.0 Å². The topological polar surface area (TPSA) is 93.7 Å². The molecular formula is C21H28N2O5S. The van der Waals surface area contributed by atoms with E-state index in [0.717, 1.165) is 5.56 Å². The molecule has 0 aliphatic heterocycles. The van der Waals surface area contributed by atoms with Crippen molar-refractivity contribution in [3.63, 3.8) is 0 Å². The molecule has 0 spiro atoms. The van der Waals surface area contributed by atoms with Crippen molar-refractivity contribution in [2.75, 3.05) is 14.2 Å². The van der Waals surface area contributed by atoms with Crippen LogP contribution in [-0.4, -0.2) is 40.1 Å². The van der Waals surface area contributed by atoms with Crippen molar-refractivity contribution in [3.8, 4) is 11.5 Å². The Bertz CT molecular complexity index is 937. The van der Waals surface area contributed by atoms with Crippen molar-refractivity contribution in [1.82, 2.24) is 10.0 Å². The van der Waals surface area contributed by atoms with Crippen LogP contribution in [0.2, 0.25) is 0 Å². The molecule has 0 radical (unpaired) electrons. The predicted molar refractivity (Wildman–Crippen MR) is 112 cm³/mol. The largest absolute Gasteiger partial charge is 0.493 e. The Kier molecular flexibility index (Phi) is 7.26. The minimum Gasteiger partial charge on any atom is -0.493 e. The van der Waals surface area contributed by atoms with Crippen LogP contribution in [0.4, 0.5) is 0 Å². The summed E-state index contributed by atoms with van der Waals surface area (Å²) in [5.41, 5.74) is 0.345. The van der Waals surface area contributed by atoms with Crippen molar-refractivity contribution in [2.45, 2.75) is 43.7 Å². The minimum absolute atomic E-state index is 0.0169. The van der Waals surface area contributed by atoms with Crippen molar-refractivity contribution < 1.29 is 22.7 Å². The lowest BCUT2D eigenvalue weighted by Gasteiger charge is -2.25. The van der Waals surface area contributed by atoms with Crippen molar-refractivity contribution in [1.29, 1.82) is 0 Å². The molecule has 0 bridgehead atoms. The Morgan fingerprint density at radius 2 is 1.62 bits per heavy atom. The van der Waals surface area contributed by atoms with E-state index in [1.165, 1.54) is 32.4 Å². The number of hydrogen-bond donors (Lipinski definition) is 2. The predicted octanol–water partition coefficient (Wildman–Crippen LogP) is 2.51. The van der Waals surface area contributed by atoms with Crippen LogP contribution in [0.3, 0.4) is 0 Å². The van der Waals surface area contributed by atoms with Crippen LogP contribution in [0, 0.1) is 0 Å². The third-order valence-corrected chi connectivity index (χ3v) is 5.53. The number of carbonyl (C=O) groups excluding carboxylic acids is 1. The molecule has 0 aromatic heterocycles. The molecule has 0 heterocycles. The normalized spacial score (nSPS) is 12.9. The highest BCUT2D eigenvalue weighted by Crippen LogP contribution is 2.29. The van der Waals surface area contributed by atoms with Crippen molar-refractivity contribution in [3.05, 3.63) is 54.1 Å². The maximum atomic E-state index is 13.0. The van der Waals surface area contributed by atoms with Crippen LogP contribution in [-0.2, 0) is 21.2 Å². The van der Waals surface area contributed by atoms with E-state index in [4.69, 9.17) is 9.47 Å². The van der Waals surface area contributed by atoms with E-state index >= 15 is 0 Å². The SMILES string of the molecule is COc1ccc(S(=O)(=O)N[C@@H](Cc2ccccc2)C(=O)NC(C)(C)C)cc1OC. The van der Waals surface area contributed by atoms with E-state index < -0.39 is 27.5 Å². The maximum Gasteiger partial charge on any atom is 0.241 e. The smallest absolute Gasteiger partial charge is 0.241 e. The molecule has 0 fully saturated rings. The van der Waals surface area contributed by atoms with Crippen LogP contribution >= 0.6 is 0 Å². The van der Waals surface area contributed by atoms with Crippen LogP contribution in [0.25, 0.3) is 0 Å². The fourth-order valence-corrected chi connectivity index (χ4v) is 3.94. The highest BCUT2D eigenvalue weighted by Gasteiger charge is 2.29. The van der Waals surface area contributed by atoms with Crippen molar-refractivity contribution >= 4 is 15.9 Å². The maximum absolute atomic E-state index is 13.0. The summed E-state index contributed by atoms with van der Waals surface area (Å²) in [6.07, 6.45) is 0.218. The lowest BCUT2D eigenvalue weighted by atomic mass is 10.0. The highest BCUT2D eigenvalue weighted by atomic mass is 32.2. The summed E-state index contributed by atoms with van der Waals surface area (Å²) >= 11 is 0. The first-order chi connectivity index (χ1) is 13.6. The molecule has 1 atom stereocenters. The number of hydrogen-bond acceptors (Lipinski definition) is 5. The molecule has 0 saturated heterocycles. The van der Waals surface area contributed by atoms with E-state index in [0.29, 0.717) is 5.75 Å². The van der Waals surface area contributed by atoms with Crippen LogP contribution < -0.4 is 19.5 Å². The molecule has 7 nitrogen and oxygen atoms in total. The molecule has 2 aromatic rings. The van der Waals surface area contributed by atoms with Gasteiger partial charge < -0.3 is 14.8 Å². The summed E-state index contributed by atoms with van der Waals surface area (Å²) in [4.78, 5) is 12.8. The summed E-state index contributed by atoms with van der Waals surface area (Å²) in [5, 5.41) is 2.84. The standard InChI is InChI=1S/C21H28N2O5S/c1-21(2,3)22-20(24)17(13-15-9-7-6-8-10-15)23-29(25,26)16-11-12-18(27-4)19(14-16)28-5/h6-12,14,17,23H,13H2,1-5H3,(H,22,24)/t17-/m0/s1. The zero-order valence-electron chi connectivity index (χ0n) is 17.4. The second-order valence-corrected chi connectivity index (χ2v) is 9.33. The zero-order chi connectivity index (χ0) is 21.7. The minimum atomic E-state index is -3.98. The summed E-state index contributed by atoms with van der Waals surface area (Å²) in [6.45, 7) is 5.52. The summed E-state index contributed by atoms with van der Waals surface area (Å²) in [7, 11) is -1.09. The van der Waals surface area contributed by atoms with Gasteiger partial charge in [-0.3, -0.25) is 4.79 Å². The Labute approximate surface area is 172 Å². The monoisotopic (exact) mass is 420 g/mol. The van der Waals surface area contributed by atoms with Gasteiger partial charge in [-0.2, -0.15) is 4.72 Å². The van der Waals surface area contributed by atoms with Gasteiger partial charge in [-0.15, -0.1) is 0 Å². The Morgan fingerprint density at radius 1 is 1.00 bits per heavy atom. The number of sulfonamides is 1. The summed E-state index contributed by atoms with van der Waals surface area (Å²) < 4.78 is 38.8. The first-order valence-corrected chi connectivity index (χ1v) is 10.6. The van der Waals surface area contributed by atoms with Gasteiger partial charge in [0.25, 0.3) is 0 Å². The average Bonchev–Trinajstić information content (AvgIpc) is 2.66. The molecule has 2 N–H and O–H groups in total. The van der Waals surface area contributed by atoms with Gasteiger partial charge in [-0.25, -0.2) is 8.42 Å². The second kappa shape index (κ2) is 9.28. The third kappa shape index (κ3) is 6.47. The van der Waals surface area contributed by atoms with Gasteiger partial charge in [0.15, 0.2) is 11.5 Å². The van der Waals surface area contributed by atoms with E-state index in [1.54, 1.807) is 0 Å². The Balaban J connectivity index is 2.34. The lowest BCUT2D eigenvalue weighted by Crippen LogP contribution is -2.52. The van der Waals surface area contributed by atoms with Gasteiger partial charge >= 0.3 is 0 Å². The van der Waals surface area contributed by atoms with Crippen LogP contribution in [0.15, 0.2) is 53.4 Å². The first-order valence-electron chi connectivity index (χ1n) is 9.16. The van der Waals surface area contributed by atoms with Gasteiger partial charge in [0, 0.05) is 11.6 Å². The second-order valence-electron chi connectivity index (χ2n) is 7.62. The quantitative estimate of drug-likeness (QED) is 0.684. The van der Waals surface area contributed by atoms with E-state index in [9.17, 15) is 13.2 Å². The number of carbonyl (C=O) groups is 1. The van der Waals surface area contributed by atoms with Crippen molar-refractivity contribution in [2.24, 2.45) is 0 Å². The molecule has 2 aromatic carbocycles. The number of methoxy groups -OCH3 is 2. The van der Waals surface area contributed by atoms with Gasteiger partial charge in [0.1, 0.15) is 6.04 Å². The van der Waals surface area contributed by atoms with Crippen LogP contribution in [0.5, 0.6) is 11.5 Å². The third-order valence-electron chi connectivity index (χ3n) is 4.06. The molecular weight excluding hydrogens is 392 g/mol. The Hall–Kier alpha value is -2.58. The molecule has 0 aliphatic rings. The van der Waals surface area contributed by atoms with Gasteiger partial charge in [0.05, 0.1) is 19.1 Å². The molecule has 0 saturated carbocycles. The number of ether oxygens (including phenoxy) is 2. The molecule has 0 unspecified atom stereocenters. The van der Waals surface area contributed by atoms with E-state index in [-0.39, 0.29) is 17.1 Å². The lowest BCUT2D eigenvalue weighted by molar-refractivity contribution is -0.124. The van der Waals surface area contributed by atoms with Gasteiger partial charge in [-0.1, -0.05) is 30.3 Å². The summed E-state index contributed by atoms with van der Waals surface area (Å²) in [5.74, 6) is 0.303. The van der Waals surface area contributed by atoms with E-state index in [1.807, 2.05) is 51.1 Å². The number of benzene rings is 2. The molecule has 2 rings (SSSR count). The summed E-state index contributed by atoms with van der Waals surface area (Å²) in [6, 6.07) is 12.6. The molecule has 0 aliphatic carbocycles. The Morgan fingerprint density at radius 3 is 2.17 bits per heavy atom. The number of amides is 1. The zero-order valence-corrected chi connectivity index (χ0v) is 18.2. The molecule has 8 heteroatoms. The number of nitrogens with one attached hydrogen (secondary N) is 2. The van der Waals surface area contributed by atoms with Crippen LogP contribution in [0.1, 0.15) is 26.3 Å². The molecule has 1 amide bonds. The fourth-order valence-electron chi connectivity index (χ4n) is 2.73. The van der Waals surface area contributed by atoms with Gasteiger partial charge in [0.2, 0.25) is 15.9 Å². The number of rotatable bonds is 8. The first kappa shape index (κ1) is 22.7. The molecule has 158 valence electrons. The highest BCUT2D eigenvalue weighted by molar-refractivity contribution is 7.89. The fraction of sp³-hybridized carbons (Fsp3) is 0.381.